The Morgan fingerprint density at radius 2 is 1.90 bits per heavy atom. The van der Waals surface area contributed by atoms with Crippen molar-refractivity contribution < 1.29 is 23.4 Å². The Hall–Kier alpha value is -1.82. The molecule has 0 aliphatic heterocycles. The highest BCUT2D eigenvalue weighted by atomic mass is 19.1. The number of benzene rings is 1. The van der Waals surface area contributed by atoms with Crippen LogP contribution in [0.15, 0.2) is 12.1 Å². The van der Waals surface area contributed by atoms with Crippen molar-refractivity contribution in [3.05, 3.63) is 23.5 Å². The molecule has 0 amide bonds. The van der Waals surface area contributed by atoms with Gasteiger partial charge in [0, 0.05) is 24.1 Å². The average molecular weight is 299 g/mol. The van der Waals surface area contributed by atoms with Crippen molar-refractivity contribution in [1.82, 2.24) is 0 Å². The third-order valence-electron chi connectivity index (χ3n) is 3.10. The van der Waals surface area contributed by atoms with E-state index >= 15 is 0 Å². The Kier molecular flexibility index (Phi) is 6.94. The second-order valence-electron chi connectivity index (χ2n) is 4.53. The molecule has 0 bridgehead atoms. The van der Waals surface area contributed by atoms with Crippen molar-refractivity contribution in [2.45, 2.75) is 32.2 Å². The molecule has 21 heavy (non-hydrogen) atoms. The van der Waals surface area contributed by atoms with Crippen LogP contribution in [0.1, 0.15) is 37.8 Å². The zero-order valence-corrected chi connectivity index (χ0v) is 12.6. The Labute approximate surface area is 124 Å². The number of carbonyl (C=O) groups is 1. The summed E-state index contributed by atoms with van der Waals surface area (Å²) in [5, 5.41) is 0. The minimum Gasteiger partial charge on any atom is -0.493 e. The predicted octanol–water partition coefficient (Wildman–Crippen LogP) is 2.58. The van der Waals surface area contributed by atoms with E-state index in [0.717, 1.165) is 0 Å². The molecule has 2 N–H and O–H groups in total. The van der Waals surface area contributed by atoms with Crippen molar-refractivity contribution in [3.8, 4) is 11.5 Å². The van der Waals surface area contributed by atoms with E-state index in [-0.39, 0.29) is 12.4 Å². The molecule has 118 valence electrons. The van der Waals surface area contributed by atoms with Crippen LogP contribution in [0.2, 0.25) is 0 Å². The lowest BCUT2D eigenvalue weighted by Crippen LogP contribution is -2.14. The monoisotopic (exact) mass is 299 g/mol. The van der Waals surface area contributed by atoms with E-state index in [0.29, 0.717) is 36.5 Å². The minimum atomic E-state index is -0.515. The zero-order valence-electron chi connectivity index (χ0n) is 12.6. The fourth-order valence-electron chi connectivity index (χ4n) is 2.01. The molecule has 5 nitrogen and oxygen atoms in total. The number of nitrogens with two attached hydrogens (primary N) is 1. The molecule has 1 atom stereocenters. The van der Waals surface area contributed by atoms with Crippen molar-refractivity contribution >= 4 is 5.97 Å². The lowest BCUT2D eigenvalue weighted by molar-refractivity contribution is -0.143. The lowest BCUT2D eigenvalue weighted by Gasteiger charge is -2.16. The zero-order chi connectivity index (χ0) is 15.8. The highest BCUT2D eigenvalue weighted by molar-refractivity contribution is 5.69. The standard InChI is InChI=1S/C15H22FNO4/c1-4-21-15(18)7-5-6-12(17)10-8-13(19-2)14(20-3)9-11(10)16/h8-9,12H,4-7,17H2,1-3H3. The van der Waals surface area contributed by atoms with Gasteiger partial charge in [-0.2, -0.15) is 0 Å². The van der Waals surface area contributed by atoms with Gasteiger partial charge < -0.3 is 19.9 Å². The van der Waals surface area contributed by atoms with E-state index in [1.54, 1.807) is 6.92 Å². The number of hydrogen-bond acceptors (Lipinski definition) is 5. The first-order valence-electron chi connectivity index (χ1n) is 6.86. The van der Waals surface area contributed by atoms with Crippen LogP contribution in [0.4, 0.5) is 4.39 Å². The van der Waals surface area contributed by atoms with Gasteiger partial charge in [-0.3, -0.25) is 4.79 Å². The van der Waals surface area contributed by atoms with Crippen molar-refractivity contribution in [3.63, 3.8) is 0 Å². The number of halogens is 1. The quantitative estimate of drug-likeness (QED) is 0.747. The maximum absolute atomic E-state index is 14.0. The Morgan fingerprint density at radius 1 is 1.29 bits per heavy atom. The summed E-state index contributed by atoms with van der Waals surface area (Å²) in [6.07, 6.45) is 1.29. The molecule has 0 spiro atoms. The predicted molar refractivity (Wildman–Crippen MR) is 76.9 cm³/mol. The Morgan fingerprint density at radius 3 is 2.48 bits per heavy atom. The van der Waals surface area contributed by atoms with Crippen LogP contribution < -0.4 is 15.2 Å². The number of hydrogen-bond donors (Lipinski definition) is 1. The first-order chi connectivity index (χ1) is 10.0. The van der Waals surface area contributed by atoms with Gasteiger partial charge in [0.2, 0.25) is 0 Å². The second-order valence-corrected chi connectivity index (χ2v) is 4.53. The summed E-state index contributed by atoms with van der Waals surface area (Å²) in [6.45, 7) is 2.11. The van der Waals surface area contributed by atoms with E-state index in [2.05, 4.69) is 0 Å². The van der Waals surface area contributed by atoms with Gasteiger partial charge in [-0.15, -0.1) is 0 Å². The topological polar surface area (TPSA) is 70.8 Å². The van der Waals surface area contributed by atoms with Crippen molar-refractivity contribution in [2.75, 3.05) is 20.8 Å². The highest BCUT2D eigenvalue weighted by Crippen LogP contribution is 2.33. The molecule has 1 unspecified atom stereocenters. The lowest BCUT2D eigenvalue weighted by atomic mass is 10.0. The van der Waals surface area contributed by atoms with Gasteiger partial charge in [-0.1, -0.05) is 0 Å². The smallest absolute Gasteiger partial charge is 0.305 e. The highest BCUT2D eigenvalue weighted by Gasteiger charge is 2.17. The van der Waals surface area contributed by atoms with Gasteiger partial charge in [-0.25, -0.2) is 4.39 Å². The summed E-state index contributed by atoms with van der Waals surface area (Å²) in [6, 6.07) is 2.27. The van der Waals surface area contributed by atoms with Gasteiger partial charge in [0.25, 0.3) is 0 Å². The van der Waals surface area contributed by atoms with Crippen LogP contribution in [-0.2, 0) is 9.53 Å². The molecule has 0 saturated heterocycles. The van der Waals surface area contributed by atoms with Gasteiger partial charge in [-0.05, 0) is 25.8 Å². The van der Waals surface area contributed by atoms with E-state index < -0.39 is 11.9 Å². The summed E-state index contributed by atoms with van der Waals surface area (Å²) < 4.78 is 29.0. The summed E-state index contributed by atoms with van der Waals surface area (Å²) in [4.78, 5) is 11.2. The van der Waals surface area contributed by atoms with Crippen molar-refractivity contribution in [2.24, 2.45) is 5.73 Å². The van der Waals surface area contributed by atoms with Crippen LogP contribution in [0.25, 0.3) is 0 Å². The number of esters is 1. The van der Waals surface area contributed by atoms with Crippen LogP contribution >= 0.6 is 0 Å². The van der Waals surface area contributed by atoms with Gasteiger partial charge in [0.15, 0.2) is 11.5 Å². The van der Waals surface area contributed by atoms with Gasteiger partial charge in [0.1, 0.15) is 5.82 Å². The number of methoxy groups -OCH3 is 2. The van der Waals surface area contributed by atoms with Gasteiger partial charge >= 0.3 is 5.97 Å². The summed E-state index contributed by atoms with van der Waals surface area (Å²) >= 11 is 0. The average Bonchev–Trinajstić information content (AvgIpc) is 2.46. The van der Waals surface area contributed by atoms with Crippen LogP contribution in [-0.4, -0.2) is 26.8 Å². The first kappa shape index (κ1) is 17.2. The molecule has 0 aliphatic carbocycles. The molecule has 0 aromatic heterocycles. The molecule has 0 fully saturated rings. The maximum Gasteiger partial charge on any atom is 0.305 e. The van der Waals surface area contributed by atoms with Crippen LogP contribution in [0.5, 0.6) is 11.5 Å². The Bertz CT molecular complexity index is 479. The third kappa shape index (κ3) is 4.90. The maximum atomic E-state index is 14.0. The molecule has 0 heterocycles. The molecule has 0 radical (unpaired) electrons. The normalized spacial score (nSPS) is 11.9. The van der Waals surface area contributed by atoms with E-state index in [1.165, 1.54) is 26.4 Å². The first-order valence-corrected chi connectivity index (χ1v) is 6.86. The SMILES string of the molecule is CCOC(=O)CCCC(N)c1cc(OC)c(OC)cc1F. The molecule has 1 aromatic carbocycles. The number of carbonyl (C=O) groups excluding carboxylic acids is 1. The third-order valence-corrected chi connectivity index (χ3v) is 3.10. The summed E-state index contributed by atoms with van der Waals surface area (Å²) in [7, 11) is 2.92. The molecule has 6 heteroatoms. The van der Waals surface area contributed by atoms with E-state index in [9.17, 15) is 9.18 Å². The fourth-order valence-corrected chi connectivity index (χ4v) is 2.01. The largest absolute Gasteiger partial charge is 0.493 e. The van der Waals surface area contributed by atoms with E-state index in [1.807, 2.05) is 0 Å². The molecular formula is C15H22FNO4. The van der Waals surface area contributed by atoms with Crippen LogP contribution in [0, 0.1) is 5.82 Å². The second kappa shape index (κ2) is 8.46. The van der Waals surface area contributed by atoms with E-state index in [4.69, 9.17) is 19.9 Å². The molecule has 0 aliphatic rings. The fraction of sp³-hybridized carbons (Fsp3) is 0.533. The summed E-state index contributed by atoms with van der Waals surface area (Å²) in [5.41, 5.74) is 6.33. The molecule has 1 rings (SSSR count). The number of ether oxygens (including phenoxy) is 3. The van der Waals surface area contributed by atoms with Gasteiger partial charge in [0.05, 0.1) is 20.8 Å². The number of rotatable bonds is 8. The Balaban J connectivity index is 2.69. The van der Waals surface area contributed by atoms with Crippen molar-refractivity contribution in [1.29, 1.82) is 0 Å². The summed E-state index contributed by atoms with van der Waals surface area (Å²) in [5.74, 6) is 0.0287. The molecule has 1 aromatic rings. The van der Waals surface area contributed by atoms with Crippen LogP contribution in [0.3, 0.4) is 0 Å². The molecular weight excluding hydrogens is 277 g/mol. The minimum absolute atomic E-state index is 0.266. The molecule has 0 saturated carbocycles.